The second-order valence-corrected chi connectivity index (χ2v) is 8.64. The molecule has 0 aromatic heterocycles. The number of hydrogen-bond donors (Lipinski definition) is 0. The Morgan fingerprint density at radius 1 is 0.933 bits per heavy atom. The Morgan fingerprint density at radius 2 is 1.50 bits per heavy atom. The van der Waals surface area contributed by atoms with Gasteiger partial charge in [0.1, 0.15) is 0 Å². The molecular formula is C26H37ClN2O. The van der Waals surface area contributed by atoms with Crippen LogP contribution in [-0.4, -0.2) is 35.8 Å². The number of carbonyl (C=O) groups is 1. The highest BCUT2D eigenvalue weighted by molar-refractivity contribution is 5.85. The van der Waals surface area contributed by atoms with E-state index in [1.54, 1.807) is 0 Å². The maximum atomic E-state index is 12.9. The van der Waals surface area contributed by atoms with Gasteiger partial charge in [0, 0.05) is 25.0 Å². The highest BCUT2D eigenvalue weighted by atomic mass is 35.5. The molecular weight excluding hydrogens is 392 g/mol. The summed E-state index contributed by atoms with van der Waals surface area (Å²) >= 11 is 0. The maximum Gasteiger partial charge on any atom is 0.223 e. The highest BCUT2D eigenvalue weighted by Crippen LogP contribution is 2.39. The number of halogens is 1. The SMILES string of the molecule is CCCC(=O)N(Cc1ccccc1)C1CCC(C(c2ccccc2)N(C)C)CC1.Cl. The minimum absolute atomic E-state index is 0. The molecule has 2 aromatic rings. The van der Waals surface area contributed by atoms with Gasteiger partial charge in [-0.15, -0.1) is 12.4 Å². The average molecular weight is 429 g/mol. The van der Waals surface area contributed by atoms with Crippen LogP contribution in [0.5, 0.6) is 0 Å². The Kier molecular flexibility index (Phi) is 9.87. The molecule has 164 valence electrons. The van der Waals surface area contributed by atoms with Crippen LogP contribution in [0.4, 0.5) is 0 Å². The van der Waals surface area contributed by atoms with Gasteiger partial charge in [0.25, 0.3) is 0 Å². The molecule has 1 amide bonds. The Balaban J connectivity index is 0.00000320. The van der Waals surface area contributed by atoms with E-state index in [4.69, 9.17) is 0 Å². The third kappa shape index (κ3) is 6.33. The Hall–Kier alpha value is -1.84. The minimum atomic E-state index is 0. The number of carbonyl (C=O) groups excluding carboxylic acids is 1. The summed E-state index contributed by atoms with van der Waals surface area (Å²) in [6.07, 6.45) is 6.11. The molecule has 1 saturated carbocycles. The van der Waals surface area contributed by atoms with E-state index in [1.807, 2.05) is 6.07 Å². The summed E-state index contributed by atoms with van der Waals surface area (Å²) in [4.78, 5) is 17.4. The van der Waals surface area contributed by atoms with E-state index < -0.39 is 0 Å². The maximum absolute atomic E-state index is 12.9. The zero-order chi connectivity index (χ0) is 20.6. The topological polar surface area (TPSA) is 23.6 Å². The van der Waals surface area contributed by atoms with Crippen molar-refractivity contribution in [3.8, 4) is 0 Å². The summed E-state index contributed by atoms with van der Waals surface area (Å²) in [5.41, 5.74) is 2.64. The van der Waals surface area contributed by atoms with Gasteiger partial charge in [-0.25, -0.2) is 0 Å². The molecule has 1 unspecified atom stereocenters. The van der Waals surface area contributed by atoms with E-state index in [-0.39, 0.29) is 12.4 Å². The van der Waals surface area contributed by atoms with Crippen molar-refractivity contribution in [2.45, 2.75) is 64.1 Å². The van der Waals surface area contributed by atoms with E-state index in [1.165, 1.54) is 24.0 Å². The molecule has 30 heavy (non-hydrogen) atoms. The monoisotopic (exact) mass is 428 g/mol. The Bertz CT molecular complexity index is 742. The molecule has 1 atom stereocenters. The van der Waals surface area contributed by atoms with Crippen LogP contribution < -0.4 is 0 Å². The van der Waals surface area contributed by atoms with Crippen LogP contribution >= 0.6 is 12.4 Å². The average Bonchev–Trinajstić information content (AvgIpc) is 2.74. The summed E-state index contributed by atoms with van der Waals surface area (Å²) in [5.74, 6) is 0.954. The zero-order valence-corrected chi connectivity index (χ0v) is 19.5. The van der Waals surface area contributed by atoms with Gasteiger partial charge >= 0.3 is 0 Å². The zero-order valence-electron chi connectivity index (χ0n) is 18.7. The van der Waals surface area contributed by atoms with Crippen molar-refractivity contribution in [2.24, 2.45) is 5.92 Å². The normalized spacial score (nSPS) is 19.7. The second-order valence-electron chi connectivity index (χ2n) is 8.64. The molecule has 1 aliphatic carbocycles. The fraction of sp³-hybridized carbons (Fsp3) is 0.500. The first-order valence-corrected chi connectivity index (χ1v) is 11.1. The van der Waals surface area contributed by atoms with Gasteiger partial charge in [-0.05, 0) is 63.2 Å². The van der Waals surface area contributed by atoms with Gasteiger partial charge in [0.05, 0.1) is 0 Å². The molecule has 3 nitrogen and oxygen atoms in total. The molecule has 0 bridgehead atoms. The standard InChI is InChI=1S/C26H36N2O.ClH/c1-4-11-25(29)28(20-21-12-7-5-8-13-21)24-18-16-23(17-19-24)26(27(2)3)22-14-9-6-10-15-22;/h5-10,12-15,23-24,26H,4,11,16-20H2,1-3H3;1H. The second kappa shape index (κ2) is 12.1. The van der Waals surface area contributed by atoms with Crippen molar-refractivity contribution >= 4 is 18.3 Å². The van der Waals surface area contributed by atoms with Gasteiger partial charge in [-0.1, -0.05) is 67.6 Å². The quantitative estimate of drug-likeness (QED) is 0.507. The molecule has 1 aliphatic rings. The van der Waals surface area contributed by atoms with Crippen LogP contribution in [0.3, 0.4) is 0 Å². The first-order valence-electron chi connectivity index (χ1n) is 11.1. The molecule has 0 saturated heterocycles. The fourth-order valence-corrected chi connectivity index (χ4v) is 4.93. The van der Waals surface area contributed by atoms with Gasteiger partial charge in [0.2, 0.25) is 5.91 Å². The number of benzene rings is 2. The van der Waals surface area contributed by atoms with Crippen molar-refractivity contribution < 1.29 is 4.79 Å². The molecule has 0 heterocycles. The van der Waals surface area contributed by atoms with Gasteiger partial charge in [0.15, 0.2) is 0 Å². The van der Waals surface area contributed by atoms with Gasteiger partial charge in [-0.3, -0.25) is 4.79 Å². The lowest BCUT2D eigenvalue weighted by Gasteiger charge is -2.41. The number of hydrogen-bond acceptors (Lipinski definition) is 2. The van der Waals surface area contributed by atoms with Crippen LogP contribution in [0.25, 0.3) is 0 Å². The number of rotatable bonds is 8. The van der Waals surface area contributed by atoms with Crippen molar-refractivity contribution in [1.82, 2.24) is 9.80 Å². The lowest BCUT2D eigenvalue weighted by Crippen LogP contribution is -2.43. The molecule has 0 N–H and O–H groups in total. The van der Waals surface area contributed by atoms with Crippen LogP contribution in [0.2, 0.25) is 0 Å². The molecule has 0 aliphatic heterocycles. The first-order chi connectivity index (χ1) is 14.1. The van der Waals surface area contributed by atoms with Crippen molar-refractivity contribution in [2.75, 3.05) is 14.1 Å². The molecule has 4 heteroatoms. The largest absolute Gasteiger partial charge is 0.335 e. The Labute approximate surface area is 188 Å². The molecule has 0 spiro atoms. The molecule has 1 fully saturated rings. The summed E-state index contributed by atoms with van der Waals surface area (Å²) < 4.78 is 0. The van der Waals surface area contributed by atoms with E-state index in [9.17, 15) is 4.79 Å². The molecule has 2 aromatic carbocycles. The molecule has 3 rings (SSSR count). The third-order valence-corrected chi connectivity index (χ3v) is 6.31. The van der Waals surface area contributed by atoms with Crippen LogP contribution in [-0.2, 0) is 11.3 Å². The van der Waals surface area contributed by atoms with Crippen molar-refractivity contribution in [3.63, 3.8) is 0 Å². The predicted octanol–water partition coefficient (Wildman–Crippen LogP) is 6.10. The fourth-order valence-electron chi connectivity index (χ4n) is 4.93. The first kappa shape index (κ1) is 24.4. The van der Waals surface area contributed by atoms with E-state index >= 15 is 0 Å². The van der Waals surface area contributed by atoms with E-state index in [2.05, 4.69) is 85.4 Å². The number of amides is 1. The number of nitrogens with zero attached hydrogens (tertiary/aromatic N) is 2. The summed E-state index contributed by atoms with van der Waals surface area (Å²) in [6.45, 7) is 2.84. The summed E-state index contributed by atoms with van der Waals surface area (Å²) in [5, 5.41) is 0. The lowest BCUT2D eigenvalue weighted by molar-refractivity contribution is -0.135. The van der Waals surface area contributed by atoms with Crippen LogP contribution in [0.15, 0.2) is 60.7 Å². The van der Waals surface area contributed by atoms with Crippen molar-refractivity contribution in [1.29, 1.82) is 0 Å². The third-order valence-electron chi connectivity index (χ3n) is 6.31. The van der Waals surface area contributed by atoms with E-state index in [0.29, 0.717) is 30.3 Å². The van der Waals surface area contributed by atoms with Crippen molar-refractivity contribution in [3.05, 3.63) is 71.8 Å². The summed E-state index contributed by atoms with van der Waals surface area (Å²) in [7, 11) is 4.38. The minimum Gasteiger partial charge on any atom is -0.335 e. The van der Waals surface area contributed by atoms with E-state index in [0.717, 1.165) is 25.8 Å². The Morgan fingerprint density at radius 3 is 2.03 bits per heavy atom. The smallest absolute Gasteiger partial charge is 0.223 e. The van der Waals surface area contributed by atoms with Crippen LogP contribution in [0, 0.1) is 5.92 Å². The van der Waals surface area contributed by atoms with Gasteiger partial charge < -0.3 is 9.80 Å². The lowest BCUT2D eigenvalue weighted by atomic mass is 9.78. The predicted molar refractivity (Wildman–Crippen MR) is 128 cm³/mol. The van der Waals surface area contributed by atoms with Gasteiger partial charge in [-0.2, -0.15) is 0 Å². The molecule has 0 radical (unpaired) electrons. The summed E-state index contributed by atoms with van der Waals surface area (Å²) in [6, 6.07) is 22.1. The highest BCUT2D eigenvalue weighted by Gasteiger charge is 2.33. The van der Waals surface area contributed by atoms with Crippen LogP contribution in [0.1, 0.15) is 62.6 Å².